The molecule has 0 atom stereocenters. The number of methoxy groups -OCH3 is 1. The van der Waals surface area contributed by atoms with Crippen molar-refractivity contribution < 1.29 is 9.53 Å². The molecule has 2 aromatic heterocycles. The second kappa shape index (κ2) is 5.35. The second-order valence-corrected chi connectivity index (χ2v) is 3.93. The Morgan fingerprint density at radius 2 is 2.28 bits per heavy atom. The van der Waals surface area contributed by atoms with E-state index in [1.54, 1.807) is 18.5 Å². The summed E-state index contributed by atoms with van der Waals surface area (Å²) in [7, 11) is 1.36. The highest BCUT2D eigenvalue weighted by Crippen LogP contribution is 2.13. The largest absolute Gasteiger partial charge is 0.464 e. The van der Waals surface area contributed by atoms with Gasteiger partial charge in [-0.2, -0.15) is 0 Å². The zero-order chi connectivity index (χ0) is 13.0. The van der Waals surface area contributed by atoms with E-state index in [1.807, 2.05) is 19.1 Å². The van der Waals surface area contributed by atoms with Crippen LogP contribution < -0.4 is 5.32 Å². The first kappa shape index (κ1) is 12.2. The summed E-state index contributed by atoms with van der Waals surface area (Å²) in [6.45, 7) is 2.61. The van der Waals surface area contributed by atoms with Crippen LogP contribution in [0.2, 0.25) is 0 Å². The number of aromatic amines is 1. The molecule has 0 amide bonds. The van der Waals surface area contributed by atoms with E-state index in [0.29, 0.717) is 12.2 Å². The number of rotatable bonds is 4. The highest BCUT2D eigenvalue weighted by atomic mass is 16.5. The summed E-state index contributed by atoms with van der Waals surface area (Å²) in [5, 5.41) is 3.25. The van der Waals surface area contributed by atoms with Crippen LogP contribution in [0.25, 0.3) is 0 Å². The van der Waals surface area contributed by atoms with Crippen molar-refractivity contribution in [2.24, 2.45) is 0 Å². The minimum atomic E-state index is -0.362. The van der Waals surface area contributed by atoms with E-state index in [1.165, 1.54) is 7.11 Å². The topological polar surface area (TPSA) is 67.0 Å². The van der Waals surface area contributed by atoms with Crippen LogP contribution in [0.1, 0.15) is 21.7 Å². The Morgan fingerprint density at radius 3 is 3.00 bits per heavy atom. The van der Waals surface area contributed by atoms with Crippen LogP contribution in [0, 0.1) is 6.92 Å². The van der Waals surface area contributed by atoms with Gasteiger partial charge in [-0.15, -0.1) is 0 Å². The quantitative estimate of drug-likeness (QED) is 0.810. The van der Waals surface area contributed by atoms with Crippen molar-refractivity contribution in [3.8, 4) is 0 Å². The number of aromatic nitrogens is 2. The number of hydrogen-bond acceptors (Lipinski definition) is 4. The molecule has 2 rings (SSSR count). The zero-order valence-electron chi connectivity index (χ0n) is 10.4. The number of carbonyl (C=O) groups excluding carboxylic acids is 1. The summed E-state index contributed by atoms with van der Waals surface area (Å²) in [6.07, 6.45) is 3.53. The lowest BCUT2D eigenvalue weighted by Gasteiger charge is -2.07. The molecule has 0 fully saturated rings. The van der Waals surface area contributed by atoms with Gasteiger partial charge in [-0.05, 0) is 30.7 Å². The van der Waals surface area contributed by atoms with Gasteiger partial charge in [0.25, 0.3) is 0 Å². The first-order chi connectivity index (χ1) is 8.70. The summed E-state index contributed by atoms with van der Waals surface area (Å²) < 4.78 is 4.63. The van der Waals surface area contributed by atoms with Gasteiger partial charge in [-0.1, -0.05) is 0 Å². The lowest BCUT2D eigenvalue weighted by Crippen LogP contribution is -2.04. The molecule has 5 nitrogen and oxygen atoms in total. The molecule has 0 aliphatic rings. The van der Waals surface area contributed by atoms with E-state index in [4.69, 9.17) is 0 Å². The summed E-state index contributed by atoms with van der Waals surface area (Å²) >= 11 is 0. The van der Waals surface area contributed by atoms with E-state index < -0.39 is 0 Å². The van der Waals surface area contributed by atoms with Crippen molar-refractivity contribution in [1.82, 2.24) is 9.97 Å². The molecule has 0 aliphatic carbocycles. The first-order valence-electron chi connectivity index (χ1n) is 5.61. The number of carbonyl (C=O) groups is 1. The maximum Gasteiger partial charge on any atom is 0.354 e. The smallest absolute Gasteiger partial charge is 0.354 e. The molecule has 5 heteroatoms. The van der Waals surface area contributed by atoms with Crippen LogP contribution >= 0.6 is 0 Å². The Balaban J connectivity index is 2.01. The number of anilines is 1. The van der Waals surface area contributed by atoms with Gasteiger partial charge in [-0.3, -0.25) is 4.98 Å². The minimum absolute atomic E-state index is 0.362. The Bertz CT molecular complexity index is 549. The van der Waals surface area contributed by atoms with Crippen LogP contribution in [0.5, 0.6) is 0 Å². The Labute approximate surface area is 105 Å². The molecule has 0 spiro atoms. The van der Waals surface area contributed by atoms with E-state index in [9.17, 15) is 4.79 Å². The average molecular weight is 245 g/mol. The minimum Gasteiger partial charge on any atom is -0.464 e. The van der Waals surface area contributed by atoms with Gasteiger partial charge in [-0.25, -0.2) is 4.79 Å². The molecule has 0 radical (unpaired) electrons. The van der Waals surface area contributed by atoms with E-state index >= 15 is 0 Å². The Hall–Kier alpha value is -2.30. The van der Waals surface area contributed by atoms with Crippen molar-refractivity contribution in [2.75, 3.05) is 12.4 Å². The fourth-order valence-electron chi connectivity index (χ4n) is 1.61. The monoisotopic (exact) mass is 245 g/mol. The average Bonchev–Trinajstić information content (AvgIpc) is 2.86. The Morgan fingerprint density at radius 1 is 1.44 bits per heavy atom. The predicted molar refractivity (Wildman–Crippen MR) is 68.4 cm³/mol. The van der Waals surface area contributed by atoms with Gasteiger partial charge in [0.05, 0.1) is 25.5 Å². The second-order valence-electron chi connectivity index (χ2n) is 3.93. The third-order valence-corrected chi connectivity index (χ3v) is 2.66. The molecule has 2 aromatic rings. The molecule has 94 valence electrons. The van der Waals surface area contributed by atoms with Crippen molar-refractivity contribution in [2.45, 2.75) is 13.5 Å². The number of ether oxygens (including phenoxy) is 1. The molecule has 0 aliphatic heterocycles. The molecule has 0 bridgehead atoms. The van der Waals surface area contributed by atoms with Crippen LogP contribution in [-0.4, -0.2) is 23.0 Å². The van der Waals surface area contributed by atoms with E-state index in [2.05, 4.69) is 20.0 Å². The van der Waals surface area contributed by atoms with Crippen molar-refractivity contribution in [3.05, 3.63) is 47.5 Å². The first-order valence-corrected chi connectivity index (χ1v) is 5.61. The van der Waals surface area contributed by atoms with Crippen LogP contribution in [-0.2, 0) is 11.3 Å². The SMILES string of the molecule is COC(=O)c1ccc(CNc2cnccc2C)[nH]1. The number of aryl methyl sites for hydroxylation is 1. The van der Waals surface area contributed by atoms with Gasteiger partial charge in [0, 0.05) is 11.9 Å². The third kappa shape index (κ3) is 2.68. The third-order valence-electron chi connectivity index (χ3n) is 2.66. The zero-order valence-corrected chi connectivity index (χ0v) is 10.4. The Kier molecular flexibility index (Phi) is 3.62. The van der Waals surface area contributed by atoms with Crippen LogP contribution in [0.15, 0.2) is 30.6 Å². The fraction of sp³-hybridized carbons (Fsp3) is 0.231. The molecule has 18 heavy (non-hydrogen) atoms. The van der Waals surface area contributed by atoms with Crippen LogP contribution in [0.4, 0.5) is 5.69 Å². The molecule has 0 unspecified atom stereocenters. The van der Waals surface area contributed by atoms with E-state index in [-0.39, 0.29) is 5.97 Å². The number of pyridine rings is 1. The molecule has 0 saturated heterocycles. The molecular weight excluding hydrogens is 230 g/mol. The molecule has 2 N–H and O–H groups in total. The molecular formula is C13H15N3O2. The lowest BCUT2D eigenvalue weighted by molar-refractivity contribution is 0.0594. The van der Waals surface area contributed by atoms with Gasteiger partial charge >= 0.3 is 5.97 Å². The van der Waals surface area contributed by atoms with Crippen molar-refractivity contribution in [1.29, 1.82) is 0 Å². The lowest BCUT2D eigenvalue weighted by atomic mass is 10.2. The summed E-state index contributed by atoms with van der Waals surface area (Å²) in [5.74, 6) is -0.362. The van der Waals surface area contributed by atoms with Crippen molar-refractivity contribution >= 4 is 11.7 Å². The number of nitrogens with zero attached hydrogens (tertiary/aromatic N) is 1. The van der Waals surface area contributed by atoms with Gasteiger partial charge in [0.1, 0.15) is 5.69 Å². The maximum absolute atomic E-state index is 11.3. The van der Waals surface area contributed by atoms with Gasteiger partial charge in [0.15, 0.2) is 0 Å². The van der Waals surface area contributed by atoms with Gasteiger partial charge < -0.3 is 15.0 Å². The maximum atomic E-state index is 11.3. The summed E-state index contributed by atoms with van der Waals surface area (Å²) in [6, 6.07) is 5.50. The van der Waals surface area contributed by atoms with Gasteiger partial charge in [0.2, 0.25) is 0 Å². The molecule has 0 aromatic carbocycles. The van der Waals surface area contributed by atoms with E-state index in [0.717, 1.165) is 16.9 Å². The highest BCUT2D eigenvalue weighted by Gasteiger charge is 2.07. The number of H-pyrrole nitrogens is 1. The fourth-order valence-corrected chi connectivity index (χ4v) is 1.61. The van der Waals surface area contributed by atoms with Crippen molar-refractivity contribution in [3.63, 3.8) is 0 Å². The predicted octanol–water partition coefficient (Wildman–Crippen LogP) is 2.12. The molecule has 0 saturated carbocycles. The number of esters is 1. The normalized spacial score (nSPS) is 10.1. The summed E-state index contributed by atoms with van der Waals surface area (Å²) in [5.41, 5.74) is 3.48. The standard InChI is InChI=1S/C13H15N3O2/c1-9-5-6-14-8-12(9)15-7-10-3-4-11(16-10)13(17)18-2/h3-6,8,15-16H,7H2,1-2H3. The summed E-state index contributed by atoms with van der Waals surface area (Å²) in [4.78, 5) is 18.3. The van der Waals surface area contributed by atoms with Crippen LogP contribution in [0.3, 0.4) is 0 Å². The molecule has 2 heterocycles. The number of nitrogens with one attached hydrogen (secondary N) is 2. The number of hydrogen-bond donors (Lipinski definition) is 2. The highest BCUT2D eigenvalue weighted by molar-refractivity contribution is 5.87.